The Bertz CT molecular complexity index is 390. The zero-order valence-corrected chi connectivity index (χ0v) is 10.7. The molecule has 7 heteroatoms. The molecule has 2 rings (SSSR count). The maximum absolute atomic E-state index is 12.3. The van der Waals surface area contributed by atoms with Gasteiger partial charge in [-0.15, -0.1) is 0 Å². The number of amides is 3. The molecule has 0 aliphatic carbocycles. The van der Waals surface area contributed by atoms with Crippen LogP contribution < -0.4 is 5.73 Å². The molecule has 1 unspecified atom stereocenters. The number of piperidine rings is 1. The van der Waals surface area contributed by atoms with Gasteiger partial charge in [0, 0.05) is 19.6 Å². The van der Waals surface area contributed by atoms with Crippen molar-refractivity contribution >= 4 is 17.9 Å². The molecular formula is C12H19N3O4. The molecule has 0 aromatic rings. The first-order valence-electron chi connectivity index (χ1n) is 6.58. The van der Waals surface area contributed by atoms with E-state index >= 15 is 0 Å². The first-order valence-corrected chi connectivity index (χ1v) is 6.58. The largest absolute Gasteiger partial charge is 0.481 e. The Morgan fingerprint density at radius 1 is 1.05 bits per heavy atom. The fourth-order valence-corrected chi connectivity index (χ4v) is 2.79. The molecule has 3 amide bonds. The summed E-state index contributed by atoms with van der Waals surface area (Å²) in [6, 6.07) is -0.699. The van der Waals surface area contributed by atoms with Gasteiger partial charge in [-0.25, -0.2) is 4.79 Å². The molecule has 1 atom stereocenters. The highest BCUT2D eigenvalue weighted by atomic mass is 16.4. The molecule has 106 valence electrons. The van der Waals surface area contributed by atoms with Crippen molar-refractivity contribution in [3.63, 3.8) is 0 Å². The van der Waals surface area contributed by atoms with Gasteiger partial charge in [0.05, 0.1) is 5.92 Å². The van der Waals surface area contributed by atoms with Crippen molar-refractivity contribution < 1.29 is 19.5 Å². The van der Waals surface area contributed by atoms with Crippen LogP contribution in [0.5, 0.6) is 0 Å². The van der Waals surface area contributed by atoms with Crippen molar-refractivity contribution in [2.75, 3.05) is 19.6 Å². The van der Waals surface area contributed by atoms with Crippen LogP contribution in [0.1, 0.15) is 25.7 Å². The van der Waals surface area contributed by atoms with Gasteiger partial charge in [0.2, 0.25) is 5.91 Å². The third kappa shape index (κ3) is 2.80. The normalized spacial score (nSPS) is 24.5. The van der Waals surface area contributed by atoms with E-state index in [0.717, 1.165) is 6.42 Å². The van der Waals surface area contributed by atoms with E-state index in [4.69, 9.17) is 10.8 Å². The van der Waals surface area contributed by atoms with Gasteiger partial charge in [0.1, 0.15) is 6.04 Å². The average molecular weight is 269 g/mol. The van der Waals surface area contributed by atoms with Crippen molar-refractivity contribution in [3.8, 4) is 0 Å². The Hall–Kier alpha value is -1.79. The van der Waals surface area contributed by atoms with Gasteiger partial charge in [0.15, 0.2) is 0 Å². The number of nitrogens with zero attached hydrogens (tertiary/aromatic N) is 2. The predicted octanol–water partition coefficient (Wildman–Crippen LogP) is -0.147. The lowest BCUT2D eigenvalue weighted by atomic mass is 9.97. The van der Waals surface area contributed by atoms with Crippen molar-refractivity contribution in [1.82, 2.24) is 9.80 Å². The molecule has 2 aliphatic rings. The quantitative estimate of drug-likeness (QED) is 0.727. The minimum atomic E-state index is -0.803. The average Bonchev–Trinajstić information content (AvgIpc) is 2.87. The number of aliphatic carboxylic acids is 1. The predicted molar refractivity (Wildman–Crippen MR) is 66.3 cm³/mol. The summed E-state index contributed by atoms with van der Waals surface area (Å²) in [5.74, 6) is -1.64. The van der Waals surface area contributed by atoms with E-state index in [-0.39, 0.29) is 11.9 Å². The zero-order chi connectivity index (χ0) is 14.0. The Balaban J connectivity index is 1.94. The van der Waals surface area contributed by atoms with E-state index in [1.807, 2.05) is 0 Å². The number of primary amides is 1. The smallest absolute Gasteiger partial charge is 0.320 e. The Morgan fingerprint density at radius 2 is 1.68 bits per heavy atom. The number of rotatable bonds is 2. The first-order chi connectivity index (χ1) is 9.00. The van der Waals surface area contributed by atoms with Crippen molar-refractivity contribution in [3.05, 3.63) is 0 Å². The lowest BCUT2D eigenvalue weighted by Crippen LogP contribution is -2.51. The number of hydrogen-bond donors (Lipinski definition) is 2. The van der Waals surface area contributed by atoms with Crippen LogP contribution in [-0.2, 0) is 9.59 Å². The number of carboxylic acid groups (broad SMARTS) is 1. The topological polar surface area (TPSA) is 104 Å². The second-order valence-electron chi connectivity index (χ2n) is 5.14. The molecule has 2 heterocycles. The summed E-state index contributed by atoms with van der Waals surface area (Å²) in [7, 11) is 0. The standard InChI is InChI=1S/C12H19N3O4/c13-10(16)9-2-1-5-15(9)12(19)14-6-3-8(4-7-14)11(17)18/h8-9H,1-7H2,(H2,13,16)(H,17,18). The van der Waals surface area contributed by atoms with Gasteiger partial charge in [-0.1, -0.05) is 0 Å². The number of nitrogens with two attached hydrogens (primary N) is 1. The number of carboxylic acids is 1. The van der Waals surface area contributed by atoms with Crippen LogP contribution in [0.3, 0.4) is 0 Å². The molecule has 2 saturated heterocycles. The summed E-state index contributed by atoms with van der Waals surface area (Å²) in [6.45, 7) is 1.40. The Labute approximate surface area is 111 Å². The fraction of sp³-hybridized carbons (Fsp3) is 0.750. The molecule has 0 saturated carbocycles. The number of hydrogen-bond acceptors (Lipinski definition) is 3. The van der Waals surface area contributed by atoms with Gasteiger partial charge in [-0.05, 0) is 25.7 Å². The summed E-state index contributed by atoms with van der Waals surface area (Å²) < 4.78 is 0. The molecule has 0 radical (unpaired) electrons. The van der Waals surface area contributed by atoms with Crippen LogP contribution in [0.25, 0.3) is 0 Å². The van der Waals surface area contributed by atoms with E-state index < -0.39 is 17.9 Å². The molecule has 3 N–H and O–H groups in total. The maximum Gasteiger partial charge on any atom is 0.320 e. The van der Waals surface area contributed by atoms with Crippen LogP contribution in [-0.4, -0.2) is 58.5 Å². The van der Waals surface area contributed by atoms with E-state index in [1.54, 1.807) is 4.90 Å². The highest BCUT2D eigenvalue weighted by Gasteiger charge is 2.36. The van der Waals surface area contributed by atoms with Crippen molar-refractivity contribution in [2.24, 2.45) is 11.7 Å². The minimum absolute atomic E-state index is 0.190. The van der Waals surface area contributed by atoms with Crippen molar-refractivity contribution in [2.45, 2.75) is 31.7 Å². The molecule has 7 nitrogen and oxygen atoms in total. The molecule has 0 spiro atoms. The SMILES string of the molecule is NC(=O)C1CCCN1C(=O)N1CCC(C(=O)O)CC1. The van der Waals surface area contributed by atoms with Crippen LogP contribution in [0.4, 0.5) is 4.79 Å². The second kappa shape index (κ2) is 5.46. The van der Waals surface area contributed by atoms with E-state index in [0.29, 0.717) is 38.9 Å². The second-order valence-corrected chi connectivity index (χ2v) is 5.14. The maximum atomic E-state index is 12.3. The summed E-state index contributed by atoms with van der Waals surface area (Å²) in [4.78, 5) is 37.6. The Kier molecular flexibility index (Phi) is 3.92. The van der Waals surface area contributed by atoms with Gasteiger partial charge in [0.25, 0.3) is 0 Å². The summed E-state index contributed by atoms with van der Waals surface area (Å²) >= 11 is 0. The highest BCUT2D eigenvalue weighted by Crippen LogP contribution is 2.23. The minimum Gasteiger partial charge on any atom is -0.481 e. The van der Waals surface area contributed by atoms with Gasteiger partial charge in [-0.3, -0.25) is 9.59 Å². The molecule has 2 aliphatic heterocycles. The third-order valence-electron chi connectivity index (χ3n) is 3.94. The molecule has 0 bridgehead atoms. The lowest BCUT2D eigenvalue weighted by molar-refractivity contribution is -0.143. The van der Waals surface area contributed by atoms with Crippen molar-refractivity contribution in [1.29, 1.82) is 0 Å². The number of likely N-dealkylation sites (tertiary alicyclic amines) is 2. The fourth-order valence-electron chi connectivity index (χ4n) is 2.79. The summed E-state index contributed by atoms with van der Waals surface area (Å²) in [5.41, 5.74) is 5.29. The van der Waals surface area contributed by atoms with E-state index in [9.17, 15) is 14.4 Å². The number of carbonyl (C=O) groups excluding carboxylic acids is 2. The Morgan fingerprint density at radius 3 is 2.21 bits per heavy atom. The third-order valence-corrected chi connectivity index (χ3v) is 3.94. The molecule has 2 fully saturated rings. The van der Waals surface area contributed by atoms with Crippen LogP contribution in [0.2, 0.25) is 0 Å². The van der Waals surface area contributed by atoms with Gasteiger partial charge in [-0.2, -0.15) is 0 Å². The van der Waals surface area contributed by atoms with Crippen LogP contribution >= 0.6 is 0 Å². The molecular weight excluding hydrogens is 250 g/mol. The molecule has 0 aromatic carbocycles. The highest BCUT2D eigenvalue weighted by molar-refractivity contribution is 5.86. The summed E-state index contributed by atoms with van der Waals surface area (Å²) in [5, 5.41) is 8.91. The molecule has 0 aromatic heterocycles. The monoisotopic (exact) mass is 269 g/mol. The van der Waals surface area contributed by atoms with Gasteiger partial charge < -0.3 is 20.6 Å². The lowest BCUT2D eigenvalue weighted by Gasteiger charge is -2.34. The molecule has 19 heavy (non-hydrogen) atoms. The first kappa shape index (κ1) is 13.6. The van der Waals surface area contributed by atoms with E-state index in [2.05, 4.69) is 0 Å². The van der Waals surface area contributed by atoms with Crippen LogP contribution in [0, 0.1) is 5.92 Å². The van der Waals surface area contributed by atoms with Crippen LogP contribution in [0.15, 0.2) is 0 Å². The number of urea groups is 1. The van der Waals surface area contributed by atoms with E-state index in [1.165, 1.54) is 4.90 Å². The zero-order valence-electron chi connectivity index (χ0n) is 10.7. The number of carbonyl (C=O) groups is 3. The van der Waals surface area contributed by atoms with Gasteiger partial charge >= 0.3 is 12.0 Å². The summed E-state index contributed by atoms with van der Waals surface area (Å²) in [6.07, 6.45) is 2.34.